The van der Waals surface area contributed by atoms with Crippen LogP contribution in [0.4, 0.5) is 5.69 Å². The molecule has 4 rings (SSSR count). The van der Waals surface area contributed by atoms with Crippen LogP contribution < -0.4 is 9.04 Å². The molecule has 0 fully saturated rings. The molecule has 0 saturated carbocycles. The Hall–Kier alpha value is -2.54. The third-order valence-electron chi connectivity index (χ3n) is 4.85. The molecule has 0 unspecified atom stereocenters. The highest BCUT2D eigenvalue weighted by Crippen LogP contribution is 2.35. The summed E-state index contributed by atoms with van der Waals surface area (Å²) in [5.41, 5.74) is 2.86. The first-order chi connectivity index (χ1) is 12.4. The average Bonchev–Trinajstić information content (AvgIpc) is 2.65. The molecular weight excluding hydrogens is 352 g/mol. The summed E-state index contributed by atoms with van der Waals surface area (Å²) in [6.45, 7) is 1.12. The van der Waals surface area contributed by atoms with Crippen LogP contribution in [-0.4, -0.2) is 44.7 Å². The van der Waals surface area contributed by atoms with Crippen molar-refractivity contribution in [2.75, 3.05) is 23.7 Å². The minimum atomic E-state index is -3.50. The van der Waals surface area contributed by atoms with E-state index in [0.717, 1.165) is 18.2 Å². The molecule has 2 aromatic carbocycles. The zero-order valence-corrected chi connectivity index (χ0v) is 15.3. The number of benzene rings is 2. The van der Waals surface area contributed by atoms with Gasteiger partial charge in [-0.25, -0.2) is 8.42 Å². The van der Waals surface area contributed by atoms with Crippen LogP contribution >= 0.6 is 0 Å². The second-order valence-electron chi connectivity index (χ2n) is 6.65. The number of carbonyl (C=O) groups is 1. The van der Waals surface area contributed by atoms with E-state index in [1.807, 2.05) is 18.2 Å². The van der Waals surface area contributed by atoms with Gasteiger partial charge in [0, 0.05) is 13.1 Å². The first kappa shape index (κ1) is 16.9. The molecule has 2 aliphatic rings. The highest BCUT2D eigenvalue weighted by molar-refractivity contribution is 7.92. The van der Waals surface area contributed by atoms with Crippen LogP contribution in [0.5, 0.6) is 5.75 Å². The zero-order valence-electron chi connectivity index (χ0n) is 14.5. The Bertz CT molecular complexity index is 958. The van der Waals surface area contributed by atoms with E-state index < -0.39 is 16.1 Å². The van der Waals surface area contributed by atoms with E-state index in [-0.39, 0.29) is 12.5 Å². The van der Waals surface area contributed by atoms with Crippen LogP contribution in [0.3, 0.4) is 0 Å². The van der Waals surface area contributed by atoms with E-state index in [1.54, 1.807) is 29.2 Å². The van der Waals surface area contributed by atoms with Crippen LogP contribution in [0.2, 0.25) is 0 Å². The number of rotatable bonds is 2. The SMILES string of the molecule is CS(=O)(=O)N1C[C@H](C(=O)N2CCc3ccccc3C2)Oc2ccccc21. The van der Waals surface area contributed by atoms with E-state index in [1.165, 1.54) is 9.87 Å². The highest BCUT2D eigenvalue weighted by atomic mass is 32.2. The van der Waals surface area contributed by atoms with Crippen molar-refractivity contribution in [1.29, 1.82) is 0 Å². The number of hydrogen-bond donors (Lipinski definition) is 0. The maximum Gasteiger partial charge on any atom is 0.265 e. The fraction of sp³-hybridized carbons (Fsp3) is 0.316. The molecule has 0 bridgehead atoms. The molecule has 7 heteroatoms. The topological polar surface area (TPSA) is 66.9 Å². The molecule has 0 saturated heterocycles. The number of nitrogens with zero attached hydrogens (tertiary/aromatic N) is 2. The van der Waals surface area contributed by atoms with Crippen LogP contribution in [0.25, 0.3) is 0 Å². The van der Waals surface area contributed by atoms with E-state index in [0.29, 0.717) is 24.5 Å². The van der Waals surface area contributed by atoms with Gasteiger partial charge in [-0.3, -0.25) is 9.10 Å². The summed E-state index contributed by atoms with van der Waals surface area (Å²) in [7, 11) is -3.50. The number of para-hydroxylation sites is 2. The zero-order chi connectivity index (χ0) is 18.3. The third-order valence-corrected chi connectivity index (χ3v) is 6.00. The first-order valence-corrected chi connectivity index (χ1v) is 10.4. The summed E-state index contributed by atoms with van der Waals surface area (Å²) in [5, 5.41) is 0. The molecule has 1 atom stereocenters. The van der Waals surface area contributed by atoms with Crippen molar-refractivity contribution < 1.29 is 17.9 Å². The molecule has 26 heavy (non-hydrogen) atoms. The molecule has 0 aromatic heterocycles. The minimum Gasteiger partial charge on any atom is -0.476 e. The van der Waals surface area contributed by atoms with Crippen molar-refractivity contribution in [3.05, 3.63) is 59.7 Å². The highest BCUT2D eigenvalue weighted by Gasteiger charge is 2.37. The predicted octanol–water partition coefficient (Wildman–Crippen LogP) is 1.80. The summed E-state index contributed by atoms with van der Waals surface area (Å²) < 4.78 is 31.5. The second kappa shape index (κ2) is 6.32. The fourth-order valence-electron chi connectivity index (χ4n) is 3.53. The van der Waals surface area contributed by atoms with Gasteiger partial charge in [0.1, 0.15) is 5.75 Å². The summed E-state index contributed by atoms with van der Waals surface area (Å²) >= 11 is 0. The predicted molar refractivity (Wildman–Crippen MR) is 98.6 cm³/mol. The van der Waals surface area contributed by atoms with Gasteiger partial charge in [-0.05, 0) is 29.7 Å². The number of hydrogen-bond acceptors (Lipinski definition) is 4. The molecule has 0 aliphatic carbocycles. The number of ether oxygens (including phenoxy) is 1. The van der Waals surface area contributed by atoms with E-state index in [9.17, 15) is 13.2 Å². The molecule has 0 spiro atoms. The van der Waals surface area contributed by atoms with Gasteiger partial charge in [-0.2, -0.15) is 0 Å². The smallest absolute Gasteiger partial charge is 0.265 e. The molecule has 0 N–H and O–H groups in total. The lowest BCUT2D eigenvalue weighted by Crippen LogP contribution is -2.52. The van der Waals surface area contributed by atoms with Crippen LogP contribution in [0, 0.1) is 0 Å². The van der Waals surface area contributed by atoms with Crippen LogP contribution in [-0.2, 0) is 27.8 Å². The minimum absolute atomic E-state index is 0.00712. The monoisotopic (exact) mass is 372 g/mol. The van der Waals surface area contributed by atoms with Gasteiger partial charge in [0.25, 0.3) is 5.91 Å². The maximum absolute atomic E-state index is 13.0. The largest absolute Gasteiger partial charge is 0.476 e. The van der Waals surface area contributed by atoms with Crippen LogP contribution in [0.1, 0.15) is 11.1 Å². The van der Waals surface area contributed by atoms with Crippen molar-refractivity contribution in [3.63, 3.8) is 0 Å². The van der Waals surface area contributed by atoms with E-state index in [2.05, 4.69) is 6.07 Å². The Balaban J connectivity index is 1.60. The lowest BCUT2D eigenvalue weighted by Gasteiger charge is -2.37. The Morgan fingerprint density at radius 3 is 2.54 bits per heavy atom. The number of fused-ring (bicyclic) bond motifs is 2. The Morgan fingerprint density at radius 1 is 1.08 bits per heavy atom. The molecule has 136 valence electrons. The molecule has 2 heterocycles. The Labute approximate surface area is 153 Å². The number of amides is 1. The van der Waals surface area contributed by atoms with Gasteiger partial charge in [-0.15, -0.1) is 0 Å². The molecule has 2 aliphatic heterocycles. The normalized spacial score (nSPS) is 19.3. The van der Waals surface area contributed by atoms with Gasteiger partial charge < -0.3 is 9.64 Å². The van der Waals surface area contributed by atoms with Crippen molar-refractivity contribution in [1.82, 2.24) is 4.90 Å². The molecule has 1 amide bonds. The standard InChI is InChI=1S/C19H20N2O4S/c1-26(23,24)21-13-18(25-17-9-5-4-8-16(17)21)19(22)20-11-10-14-6-2-3-7-15(14)12-20/h2-9,18H,10-13H2,1H3/t18-/m1/s1. The fourth-order valence-corrected chi connectivity index (χ4v) is 4.45. The molecular formula is C19H20N2O4S. The molecule has 6 nitrogen and oxygen atoms in total. The van der Waals surface area contributed by atoms with Gasteiger partial charge in [0.15, 0.2) is 6.10 Å². The van der Waals surface area contributed by atoms with Crippen molar-refractivity contribution in [2.24, 2.45) is 0 Å². The van der Waals surface area contributed by atoms with Crippen LogP contribution in [0.15, 0.2) is 48.5 Å². The van der Waals surface area contributed by atoms with Crippen molar-refractivity contribution >= 4 is 21.6 Å². The summed E-state index contributed by atoms with van der Waals surface area (Å²) in [5.74, 6) is 0.239. The summed E-state index contributed by atoms with van der Waals surface area (Å²) in [6, 6.07) is 15.0. The Kier molecular flexibility index (Phi) is 4.11. The second-order valence-corrected chi connectivity index (χ2v) is 8.55. The van der Waals surface area contributed by atoms with E-state index in [4.69, 9.17) is 4.74 Å². The quantitative estimate of drug-likeness (QED) is 0.806. The van der Waals surface area contributed by atoms with Gasteiger partial charge in [-0.1, -0.05) is 36.4 Å². The van der Waals surface area contributed by atoms with E-state index >= 15 is 0 Å². The lowest BCUT2D eigenvalue weighted by molar-refractivity contribution is -0.139. The number of sulfonamides is 1. The van der Waals surface area contributed by atoms with Gasteiger partial charge in [0.05, 0.1) is 18.5 Å². The third kappa shape index (κ3) is 3.03. The summed E-state index contributed by atoms with van der Waals surface area (Å²) in [6.07, 6.45) is 1.10. The van der Waals surface area contributed by atoms with Crippen molar-refractivity contribution in [3.8, 4) is 5.75 Å². The van der Waals surface area contributed by atoms with Gasteiger partial charge >= 0.3 is 0 Å². The maximum atomic E-state index is 13.0. The molecule has 2 aromatic rings. The number of anilines is 1. The average molecular weight is 372 g/mol. The lowest BCUT2D eigenvalue weighted by atomic mass is 9.99. The number of carbonyl (C=O) groups excluding carboxylic acids is 1. The molecule has 0 radical (unpaired) electrons. The van der Waals surface area contributed by atoms with Gasteiger partial charge in [0.2, 0.25) is 10.0 Å². The first-order valence-electron chi connectivity index (χ1n) is 8.52. The Morgan fingerprint density at radius 2 is 1.77 bits per heavy atom. The van der Waals surface area contributed by atoms with Crippen molar-refractivity contribution in [2.45, 2.75) is 19.1 Å². The summed E-state index contributed by atoms with van der Waals surface area (Å²) in [4.78, 5) is 14.8.